The van der Waals surface area contributed by atoms with Gasteiger partial charge in [0.1, 0.15) is 5.78 Å². The third kappa shape index (κ3) is 4.53. The van der Waals surface area contributed by atoms with Crippen LogP contribution in [0.25, 0.3) is 0 Å². The Balaban J connectivity index is 1.90. The molecular weight excluding hydrogens is 266 g/mol. The molecule has 116 valence electrons. The number of hydrogen-bond donors (Lipinski definition) is 1. The van der Waals surface area contributed by atoms with Crippen molar-refractivity contribution in [3.05, 3.63) is 0 Å². The molecular formula is C16H25N3O2. The Morgan fingerprint density at radius 3 is 2.86 bits per heavy atom. The van der Waals surface area contributed by atoms with Gasteiger partial charge in [-0.2, -0.15) is 5.26 Å². The molecule has 1 heterocycles. The zero-order chi connectivity index (χ0) is 15.1. The van der Waals surface area contributed by atoms with Crippen LogP contribution in [0.2, 0.25) is 0 Å². The number of carbonyl (C=O) groups excluding carboxylic acids is 2. The van der Waals surface area contributed by atoms with Gasteiger partial charge < -0.3 is 5.32 Å². The Bertz CT molecular complexity index is 416. The van der Waals surface area contributed by atoms with Crippen LogP contribution in [0.5, 0.6) is 0 Å². The molecule has 2 aliphatic rings. The largest absolute Gasteiger partial charge is 0.354 e. The average molecular weight is 291 g/mol. The number of carbonyl (C=O) groups is 2. The smallest absolute Gasteiger partial charge is 0.234 e. The second kappa shape index (κ2) is 8.14. The maximum atomic E-state index is 12.2. The van der Waals surface area contributed by atoms with E-state index in [-0.39, 0.29) is 17.9 Å². The van der Waals surface area contributed by atoms with E-state index >= 15 is 0 Å². The molecule has 1 aliphatic carbocycles. The van der Waals surface area contributed by atoms with Crippen molar-refractivity contribution in [2.45, 2.75) is 57.4 Å². The lowest BCUT2D eigenvalue weighted by Crippen LogP contribution is -2.50. The van der Waals surface area contributed by atoms with Crippen molar-refractivity contribution < 1.29 is 9.59 Å². The molecule has 1 amide bonds. The van der Waals surface area contributed by atoms with E-state index in [1.165, 1.54) is 0 Å². The van der Waals surface area contributed by atoms with Crippen LogP contribution in [0.4, 0.5) is 0 Å². The lowest BCUT2D eigenvalue weighted by molar-refractivity contribution is -0.130. The lowest BCUT2D eigenvalue weighted by atomic mass is 9.79. The second-order valence-electron chi connectivity index (χ2n) is 6.11. The van der Waals surface area contributed by atoms with Gasteiger partial charge in [0.05, 0.1) is 19.0 Å². The summed E-state index contributed by atoms with van der Waals surface area (Å²) in [5.74, 6) is 0.495. The molecule has 1 N–H and O–H groups in total. The van der Waals surface area contributed by atoms with E-state index in [0.717, 1.165) is 45.1 Å². The van der Waals surface area contributed by atoms with Gasteiger partial charge in [-0.1, -0.05) is 12.8 Å². The molecule has 2 fully saturated rings. The van der Waals surface area contributed by atoms with Crippen molar-refractivity contribution >= 4 is 11.7 Å². The van der Waals surface area contributed by atoms with E-state index in [4.69, 9.17) is 5.26 Å². The van der Waals surface area contributed by atoms with E-state index in [9.17, 15) is 9.59 Å². The highest BCUT2D eigenvalue weighted by molar-refractivity contribution is 5.82. The first kappa shape index (κ1) is 16.0. The minimum absolute atomic E-state index is 0.0274. The van der Waals surface area contributed by atoms with E-state index in [2.05, 4.69) is 10.2 Å². The van der Waals surface area contributed by atoms with Crippen LogP contribution in [-0.4, -0.2) is 42.3 Å². The minimum Gasteiger partial charge on any atom is -0.354 e. The van der Waals surface area contributed by atoms with Gasteiger partial charge in [0.15, 0.2) is 0 Å². The van der Waals surface area contributed by atoms with Crippen molar-refractivity contribution in [3.63, 3.8) is 0 Å². The van der Waals surface area contributed by atoms with Crippen LogP contribution in [0.15, 0.2) is 0 Å². The highest BCUT2D eigenvalue weighted by Crippen LogP contribution is 2.31. The predicted molar refractivity (Wildman–Crippen MR) is 79.4 cm³/mol. The lowest BCUT2D eigenvalue weighted by Gasteiger charge is -2.40. The first-order chi connectivity index (χ1) is 10.2. The third-order valence-electron chi connectivity index (χ3n) is 4.64. The fourth-order valence-electron chi connectivity index (χ4n) is 3.58. The number of rotatable bonds is 5. The van der Waals surface area contributed by atoms with Crippen LogP contribution < -0.4 is 5.32 Å². The third-order valence-corrected chi connectivity index (χ3v) is 4.64. The molecule has 2 rings (SSSR count). The number of amides is 1. The molecule has 1 aliphatic heterocycles. The SMILES string of the molecule is N#CCCNC(=O)CN1CCCCC1C1CCCCC1=O. The molecule has 5 nitrogen and oxygen atoms in total. The topological polar surface area (TPSA) is 73.2 Å². The molecule has 2 atom stereocenters. The Morgan fingerprint density at radius 2 is 2.10 bits per heavy atom. The van der Waals surface area contributed by atoms with Crippen molar-refractivity contribution in [1.82, 2.24) is 10.2 Å². The summed E-state index contributed by atoms with van der Waals surface area (Å²) in [4.78, 5) is 26.3. The molecule has 5 heteroatoms. The quantitative estimate of drug-likeness (QED) is 0.781. The normalized spacial score (nSPS) is 27.1. The number of hydrogen-bond acceptors (Lipinski definition) is 4. The Kier molecular flexibility index (Phi) is 6.19. The molecule has 21 heavy (non-hydrogen) atoms. The van der Waals surface area contributed by atoms with Gasteiger partial charge in [0.2, 0.25) is 5.91 Å². The summed E-state index contributed by atoms with van der Waals surface area (Å²) in [6, 6.07) is 2.26. The second-order valence-corrected chi connectivity index (χ2v) is 6.11. The average Bonchev–Trinajstić information content (AvgIpc) is 2.49. The van der Waals surface area contributed by atoms with Gasteiger partial charge in [-0.25, -0.2) is 0 Å². The summed E-state index contributed by atoms with van der Waals surface area (Å²) in [7, 11) is 0. The predicted octanol–water partition coefficient (Wildman–Crippen LogP) is 1.63. The van der Waals surface area contributed by atoms with Crippen LogP contribution in [0.3, 0.4) is 0 Å². The maximum absolute atomic E-state index is 12.2. The summed E-state index contributed by atoms with van der Waals surface area (Å²) < 4.78 is 0. The summed E-state index contributed by atoms with van der Waals surface area (Å²) in [5.41, 5.74) is 0. The zero-order valence-electron chi connectivity index (χ0n) is 12.6. The van der Waals surface area contributed by atoms with Crippen LogP contribution in [0.1, 0.15) is 51.4 Å². The Labute approximate surface area is 126 Å². The molecule has 0 spiro atoms. The number of Topliss-reactive ketones (excluding diaryl/α,β-unsaturated/α-hetero) is 1. The molecule has 0 aromatic heterocycles. The van der Waals surface area contributed by atoms with Gasteiger partial charge in [0.25, 0.3) is 0 Å². The summed E-state index contributed by atoms with van der Waals surface area (Å²) in [5, 5.41) is 11.3. The first-order valence-electron chi connectivity index (χ1n) is 8.13. The summed E-state index contributed by atoms with van der Waals surface area (Å²) in [6.07, 6.45) is 7.48. The number of piperidine rings is 1. The van der Waals surface area contributed by atoms with Gasteiger partial charge >= 0.3 is 0 Å². The van der Waals surface area contributed by atoms with Crippen LogP contribution in [0, 0.1) is 17.2 Å². The van der Waals surface area contributed by atoms with E-state index in [0.29, 0.717) is 31.7 Å². The maximum Gasteiger partial charge on any atom is 0.234 e. The number of nitrogens with zero attached hydrogens (tertiary/aromatic N) is 2. The molecule has 0 aromatic rings. The molecule has 0 aromatic carbocycles. The highest BCUT2D eigenvalue weighted by Gasteiger charge is 2.35. The van der Waals surface area contributed by atoms with Crippen LogP contribution in [-0.2, 0) is 9.59 Å². The van der Waals surface area contributed by atoms with Crippen molar-refractivity contribution in [3.8, 4) is 6.07 Å². The standard InChI is InChI=1S/C16H25N3O2/c17-9-5-10-18-16(21)12-19-11-4-3-7-14(19)13-6-1-2-8-15(13)20/h13-14H,1-8,10-12H2,(H,18,21). The summed E-state index contributed by atoms with van der Waals surface area (Å²) >= 11 is 0. The molecule has 2 unspecified atom stereocenters. The van der Waals surface area contributed by atoms with E-state index < -0.39 is 0 Å². The van der Waals surface area contributed by atoms with Gasteiger partial charge in [0, 0.05) is 24.9 Å². The van der Waals surface area contributed by atoms with Crippen molar-refractivity contribution in [2.24, 2.45) is 5.92 Å². The Hall–Kier alpha value is -1.41. The number of ketones is 1. The molecule has 0 radical (unpaired) electrons. The number of nitrogens with one attached hydrogen (secondary N) is 1. The van der Waals surface area contributed by atoms with Crippen LogP contribution >= 0.6 is 0 Å². The Morgan fingerprint density at radius 1 is 1.29 bits per heavy atom. The van der Waals surface area contributed by atoms with E-state index in [1.54, 1.807) is 0 Å². The van der Waals surface area contributed by atoms with Gasteiger partial charge in [-0.3, -0.25) is 14.5 Å². The van der Waals surface area contributed by atoms with Crippen molar-refractivity contribution in [2.75, 3.05) is 19.6 Å². The molecule has 1 saturated carbocycles. The summed E-state index contributed by atoms with van der Waals surface area (Å²) in [6.45, 7) is 1.68. The molecule has 0 bridgehead atoms. The van der Waals surface area contributed by atoms with E-state index in [1.807, 2.05) is 6.07 Å². The highest BCUT2D eigenvalue weighted by atomic mass is 16.2. The first-order valence-corrected chi connectivity index (χ1v) is 8.13. The monoisotopic (exact) mass is 291 g/mol. The zero-order valence-corrected chi connectivity index (χ0v) is 12.6. The fraction of sp³-hybridized carbons (Fsp3) is 0.812. The fourth-order valence-corrected chi connectivity index (χ4v) is 3.58. The van der Waals surface area contributed by atoms with Gasteiger partial charge in [-0.05, 0) is 32.2 Å². The van der Waals surface area contributed by atoms with Crippen molar-refractivity contribution in [1.29, 1.82) is 5.26 Å². The number of likely N-dealkylation sites (tertiary alicyclic amines) is 1. The minimum atomic E-state index is -0.0274. The van der Waals surface area contributed by atoms with Gasteiger partial charge in [-0.15, -0.1) is 0 Å². The molecule has 1 saturated heterocycles. The number of nitriles is 1.